The Morgan fingerprint density at radius 1 is 0.897 bits per heavy atom. The Balaban J connectivity index is 1.96. The first-order valence-electron chi connectivity index (χ1n) is 8.93. The molecule has 0 bridgehead atoms. The molecule has 146 valence electrons. The molecule has 0 aliphatic rings. The molecule has 0 saturated carbocycles. The van der Waals surface area contributed by atoms with Gasteiger partial charge in [0.2, 0.25) is 5.91 Å². The molecule has 0 radical (unpaired) electrons. The molecule has 5 heteroatoms. The molecular weight excluding hydrogens is 375 g/mol. The predicted molar refractivity (Wildman–Crippen MR) is 107 cm³/mol. The lowest BCUT2D eigenvalue weighted by molar-refractivity contribution is -0.137. The van der Waals surface area contributed by atoms with Gasteiger partial charge in [-0.1, -0.05) is 60.4 Å². The summed E-state index contributed by atoms with van der Waals surface area (Å²) in [5, 5.41) is 0. The van der Waals surface area contributed by atoms with Gasteiger partial charge in [0.05, 0.1) is 17.7 Å². The molecule has 0 aliphatic carbocycles. The van der Waals surface area contributed by atoms with Crippen LogP contribution in [0.25, 0.3) is 0 Å². The van der Waals surface area contributed by atoms with Crippen LogP contribution in [0.4, 0.5) is 18.9 Å². The summed E-state index contributed by atoms with van der Waals surface area (Å²) < 4.78 is 39.5. The molecule has 0 unspecified atom stereocenters. The van der Waals surface area contributed by atoms with Crippen molar-refractivity contribution in [3.8, 4) is 11.8 Å². The summed E-state index contributed by atoms with van der Waals surface area (Å²) in [4.78, 5) is 14.0. The normalized spacial score (nSPS) is 10.8. The molecule has 29 heavy (non-hydrogen) atoms. The second kappa shape index (κ2) is 8.66. The van der Waals surface area contributed by atoms with E-state index in [1.54, 1.807) is 31.3 Å². The number of amides is 1. The monoisotopic (exact) mass is 393 g/mol. The van der Waals surface area contributed by atoms with E-state index in [4.69, 9.17) is 0 Å². The number of carbonyl (C=O) groups excluding carboxylic acids is 1. The van der Waals surface area contributed by atoms with Gasteiger partial charge in [-0.3, -0.25) is 4.79 Å². The van der Waals surface area contributed by atoms with Crippen LogP contribution in [-0.4, -0.2) is 13.0 Å². The van der Waals surface area contributed by atoms with Crippen molar-refractivity contribution in [2.75, 3.05) is 11.9 Å². The zero-order chi connectivity index (χ0) is 20.9. The SMILES string of the molecule is CN(C(=O)Cc1ccccc1)c1ccc(C(F)(F)F)cc1C#Cc1ccccc1. The summed E-state index contributed by atoms with van der Waals surface area (Å²) in [7, 11) is 1.54. The molecule has 0 atom stereocenters. The predicted octanol–water partition coefficient (Wildman–Crippen LogP) is 5.31. The van der Waals surface area contributed by atoms with Gasteiger partial charge in [0.1, 0.15) is 0 Å². The number of hydrogen-bond donors (Lipinski definition) is 0. The minimum Gasteiger partial charge on any atom is -0.314 e. The standard InChI is InChI=1S/C24H18F3NO/c1-28(23(29)16-19-10-6-3-7-11-19)22-15-14-21(24(25,26)27)17-20(22)13-12-18-8-4-2-5-9-18/h2-11,14-15,17H,16H2,1H3. The molecule has 0 N–H and O–H groups in total. The van der Waals surface area contributed by atoms with Crippen LogP contribution >= 0.6 is 0 Å². The minimum absolute atomic E-state index is 0.143. The molecule has 1 amide bonds. The minimum atomic E-state index is -4.49. The van der Waals surface area contributed by atoms with Crippen molar-refractivity contribution in [3.05, 3.63) is 101 Å². The summed E-state index contributed by atoms with van der Waals surface area (Å²) in [5.41, 5.74) is 1.18. The number of carbonyl (C=O) groups is 1. The molecule has 3 aromatic carbocycles. The zero-order valence-electron chi connectivity index (χ0n) is 15.7. The van der Waals surface area contributed by atoms with E-state index in [0.717, 1.165) is 17.7 Å². The summed E-state index contributed by atoms with van der Waals surface area (Å²) in [6.45, 7) is 0. The Hall–Kier alpha value is -3.52. The highest BCUT2D eigenvalue weighted by molar-refractivity contribution is 5.95. The third kappa shape index (κ3) is 5.26. The third-order valence-electron chi connectivity index (χ3n) is 4.37. The van der Waals surface area contributed by atoms with Gasteiger partial charge >= 0.3 is 6.18 Å². The highest BCUT2D eigenvalue weighted by atomic mass is 19.4. The van der Waals surface area contributed by atoms with E-state index in [1.807, 2.05) is 36.4 Å². The molecular formula is C24H18F3NO. The number of anilines is 1. The van der Waals surface area contributed by atoms with Gasteiger partial charge in [0, 0.05) is 18.2 Å². The van der Waals surface area contributed by atoms with Crippen molar-refractivity contribution in [2.45, 2.75) is 12.6 Å². The Morgan fingerprint density at radius 2 is 1.52 bits per heavy atom. The van der Waals surface area contributed by atoms with Crippen molar-refractivity contribution in [2.24, 2.45) is 0 Å². The number of likely N-dealkylation sites (N-methyl/N-ethyl adjacent to an activating group) is 1. The lowest BCUT2D eigenvalue weighted by atomic mass is 10.1. The fraction of sp³-hybridized carbons (Fsp3) is 0.125. The Labute approximate surface area is 167 Å². The average Bonchev–Trinajstić information content (AvgIpc) is 2.72. The zero-order valence-corrected chi connectivity index (χ0v) is 15.7. The Kier molecular flexibility index (Phi) is 6.04. The summed E-state index contributed by atoms with van der Waals surface area (Å²) >= 11 is 0. The highest BCUT2D eigenvalue weighted by Gasteiger charge is 2.31. The summed E-state index contributed by atoms with van der Waals surface area (Å²) in [6, 6.07) is 21.4. The van der Waals surface area contributed by atoms with E-state index < -0.39 is 11.7 Å². The quantitative estimate of drug-likeness (QED) is 0.552. The lowest BCUT2D eigenvalue weighted by Gasteiger charge is -2.20. The van der Waals surface area contributed by atoms with Gasteiger partial charge < -0.3 is 4.90 Å². The van der Waals surface area contributed by atoms with E-state index in [1.165, 1.54) is 11.0 Å². The van der Waals surface area contributed by atoms with Gasteiger partial charge in [-0.05, 0) is 35.9 Å². The van der Waals surface area contributed by atoms with Crippen molar-refractivity contribution in [3.63, 3.8) is 0 Å². The molecule has 0 aliphatic heterocycles. The van der Waals surface area contributed by atoms with Gasteiger partial charge in [-0.2, -0.15) is 13.2 Å². The van der Waals surface area contributed by atoms with E-state index in [0.29, 0.717) is 11.3 Å². The fourth-order valence-electron chi connectivity index (χ4n) is 2.79. The number of rotatable bonds is 3. The van der Waals surface area contributed by atoms with Crippen molar-refractivity contribution < 1.29 is 18.0 Å². The third-order valence-corrected chi connectivity index (χ3v) is 4.37. The van der Waals surface area contributed by atoms with Crippen LogP contribution in [0.3, 0.4) is 0 Å². The van der Waals surface area contributed by atoms with Crippen molar-refractivity contribution >= 4 is 11.6 Å². The van der Waals surface area contributed by atoms with E-state index in [9.17, 15) is 18.0 Å². The maximum absolute atomic E-state index is 13.2. The smallest absolute Gasteiger partial charge is 0.314 e. The Bertz CT molecular complexity index is 1050. The second-order valence-corrected chi connectivity index (χ2v) is 6.46. The topological polar surface area (TPSA) is 20.3 Å². The van der Waals surface area contributed by atoms with Crippen LogP contribution in [0.15, 0.2) is 78.9 Å². The number of halogens is 3. The second-order valence-electron chi connectivity index (χ2n) is 6.46. The van der Waals surface area contributed by atoms with Crippen LogP contribution in [0.1, 0.15) is 22.3 Å². The van der Waals surface area contributed by atoms with E-state index >= 15 is 0 Å². The fourth-order valence-corrected chi connectivity index (χ4v) is 2.79. The molecule has 0 spiro atoms. The largest absolute Gasteiger partial charge is 0.416 e. The summed E-state index contributed by atoms with van der Waals surface area (Å²) in [6.07, 6.45) is -4.35. The highest BCUT2D eigenvalue weighted by Crippen LogP contribution is 2.32. The van der Waals surface area contributed by atoms with Crippen LogP contribution in [-0.2, 0) is 17.4 Å². The summed E-state index contributed by atoms with van der Waals surface area (Å²) in [5.74, 6) is 5.43. The number of benzene rings is 3. The number of alkyl halides is 3. The van der Waals surface area contributed by atoms with Crippen molar-refractivity contribution in [1.29, 1.82) is 0 Å². The first-order valence-corrected chi connectivity index (χ1v) is 8.93. The first kappa shape index (κ1) is 20.2. The number of nitrogens with zero attached hydrogens (tertiary/aromatic N) is 1. The van der Waals surface area contributed by atoms with Crippen LogP contribution in [0.5, 0.6) is 0 Å². The Morgan fingerprint density at radius 3 is 2.14 bits per heavy atom. The molecule has 0 aromatic heterocycles. The van der Waals surface area contributed by atoms with Gasteiger partial charge in [-0.25, -0.2) is 0 Å². The van der Waals surface area contributed by atoms with Crippen LogP contribution < -0.4 is 4.90 Å². The molecule has 3 rings (SSSR count). The molecule has 0 heterocycles. The van der Waals surface area contributed by atoms with Gasteiger partial charge in [-0.15, -0.1) is 0 Å². The average molecular weight is 393 g/mol. The van der Waals surface area contributed by atoms with Crippen LogP contribution in [0, 0.1) is 11.8 Å². The van der Waals surface area contributed by atoms with Crippen molar-refractivity contribution in [1.82, 2.24) is 0 Å². The molecule has 3 aromatic rings. The molecule has 2 nitrogen and oxygen atoms in total. The van der Waals surface area contributed by atoms with Crippen LogP contribution in [0.2, 0.25) is 0 Å². The molecule has 0 saturated heterocycles. The maximum Gasteiger partial charge on any atom is 0.416 e. The lowest BCUT2D eigenvalue weighted by Crippen LogP contribution is -2.28. The molecule has 0 fully saturated rings. The van der Waals surface area contributed by atoms with Gasteiger partial charge in [0.15, 0.2) is 0 Å². The van der Waals surface area contributed by atoms with E-state index in [2.05, 4.69) is 11.8 Å². The maximum atomic E-state index is 13.2. The van der Waals surface area contributed by atoms with E-state index in [-0.39, 0.29) is 17.9 Å². The van der Waals surface area contributed by atoms with Gasteiger partial charge in [0.25, 0.3) is 0 Å². The number of hydrogen-bond acceptors (Lipinski definition) is 1. The first-order chi connectivity index (χ1) is 13.8.